The molecule has 0 aliphatic carbocycles. The van der Waals surface area contributed by atoms with Crippen LogP contribution in [0.15, 0.2) is 72.3 Å². The van der Waals surface area contributed by atoms with E-state index in [0.717, 1.165) is 23.6 Å². The third kappa shape index (κ3) is 3.47. The van der Waals surface area contributed by atoms with Gasteiger partial charge in [-0.1, -0.05) is 61.9 Å². The zero-order chi connectivity index (χ0) is 21.3. The fourth-order valence-electron chi connectivity index (χ4n) is 3.92. The van der Waals surface area contributed by atoms with Gasteiger partial charge in [-0.25, -0.2) is 4.39 Å². The van der Waals surface area contributed by atoms with Crippen LogP contribution in [0.2, 0.25) is 0 Å². The maximum absolute atomic E-state index is 13.5. The number of likely N-dealkylation sites (tertiary alicyclic amines) is 1. The number of benzene rings is 3. The van der Waals surface area contributed by atoms with Gasteiger partial charge in [-0.15, -0.1) is 0 Å². The molecule has 3 aromatic rings. The highest BCUT2D eigenvalue weighted by molar-refractivity contribution is 6.46. The summed E-state index contributed by atoms with van der Waals surface area (Å²) >= 11 is 0. The minimum Gasteiger partial charge on any atom is -0.507 e. The molecule has 1 heterocycles. The molecule has 30 heavy (non-hydrogen) atoms. The maximum Gasteiger partial charge on any atom is 0.295 e. The Morgan fingerprint density at radius 3 is 2.40 bits per heavy atom. The van der Waals surface area contributed by atoms with E-state index in [1.54, 1.807) is 24.3 Å². The molecule has 1 atom stereocenters. The Hall–Kier alpha value is -3.47. The van der Waals surface area contributed by atoms with Crippen LogP contribution < -0.4 is 0 Å². The van der Waals surface area contributed by atoms with Gasteiger partial charge in [0.25, 0.3) is 11.7 Å². The number of ketones is 1. The molecule has 5 heteroatoms. The van der Waals surface area contributed by atoms with E-state index in [1.807, 2.05) is 37.3 Å². The van der Waals surface area contributed by atoms with Crippen LogP contribution in [0.3, 0.4) is 0 Å². The highest BCUT2D eigenvalue weighted by atomic mass is 19.1. The zero-order valence-electron chi connectivity index (χ0n) is 16.6. The van der Waals surface area contributed by atoms with Crippen LogP contribution in [-0.4, -0.2) is 28.2 Å². The van der Waals surface area contributed by atoms with Crippen LogP contribution in [0.1, 0.15) is 36.9 Å². The molecule has 1 aliphatic heterocycles. The van der Waals surface area contributed by atoms with Gasteiger partial charge in [0.1, 0.15) is 11.6 Å². The first-order valence-electron chi connectivity index (χ1n) is 10.0. The zero-order valence-corrected chi connectivity index (χ0v) is 16.6. The van der Waals surface area contributed by atoms with E-state index in [9.17, 15) is 19.1 Å². The van der Waals surface area contributed by atoms with Crippen molar-refractivity contribution in [3.05, 3.63) is 89.2 Å². The third-order valence-corrected chi connectivity index (χ3v) is 5.50. The number of carbonyl (C=O) groups excluding carboxylic acids is 2. The Morgan fingerprint density at radius 2 is 1.70 bits per heavy atom. The second-order valence-electron chi connectivity index (χ2n) is 7.46. The van der Waals surface area contributed by atoms with Crippen molar-refractivity contribution in [2.45, 2.75) is 25.8 Å². The largest absolute Gasteiger partial charge is 0.507 e. The van der Waals surface area contributed by atoms with E-state index in [0.29, 0.717) is 17.7 Å². The summed E-state index contributed by atoms with van der Waals surface area (Å²) in [6, 6.07) is 18.1. The number of Topliss-reactive ketones (excluding diaryl/α,β-unsaturated/α-hetero) is 1. The van der Waals surface area contributed by atoms with Gasteiger partial charge >= 0.3 is 0 Å². The van der Waals surface area contributed by atoms with Crippen molar-refractivity contribution in [1.82, 2.24) is 4.90 Å². The molecular weight excluding hydrogens is 381 g/mol. The van der Waals surface area contributed by atoms with Crippen molar-refractivity contribution in [2.75, 3.05) is 6.54 Å². The highest BCUT2D eigenvalue weighted by Gasteiger charge is 2.45. The number of hydrogen-bond acceptors (Lipinski definition) is 3. The van der Waals surface area contributed by atoms with Crippen LogP contribution >= 0.6 is 0 Å². The van der Waals surface area contributed by atoms with E-state index < -0.39 is 23.5 Å². The van der Waals surface area contributed by atoms with Crippen molar-refractivity contribution in [3.8, 4) is 0 Å². The fraction of sp³-hybridized carbons (Fsp3) is 0.200. The smallest absolute Gasteiger partial charge is 0.295 e. The van der Waals surface area contributed by atoms with Gasteiger partial charge in [-0.05, 0) is 41.0 Å². The summed E-state index contributed by atoms with van der Waals surface area (Å²) in [5, 5.41) is 13.0. The Balaban J connectivity index is 1.87. The fourth-order valence-corrected chi connectivity index (χ4v) is 3.92. The van der Waals surface area contributed by atoms with E-state index in [1.165, 1.54) is 17.0 Å². The van der Waals surface area contributed by atoms with Crippen molar-refractivity contribution < 1.29 is 19.1 Å². The van der Waals surface area contributed by atoms with Crippen LogP contribution in [0.4, 0.5) is 4.39 Å². The first-order chi connectivity index (χ1) is 14.5. The average Bonchev–Trinajstić information content (AvgIpc) is 3.02. The summed E-state index contributed by atoms with van der Waals surface area (Å²) in [5.41, 5.74) is 1.10. The van der Waals surface area contributed by atoms with Gasteiger partial charge in [0.2, 0.25) is 0 Å². The van der Waals surface area contributed by atoms with Crippen molar-refractivity contribution in [2.24, 2.45) is 0 Å². The molecule has 1 N–H and O–H groups in total. The summed E-state index contributed by atoms with van der Waals surface area (Å²) in [5.74, 6) is -1.97. The molecule has 0 radical (unpaired) electrons. The van der Waals surface area contributed by atoms with Gasteiger partial charge < -0.3 is 10.0 Å². The van der Waals surface area contributed by atoms with Crippen molar-refractivity contribution in [1.29, 1.82) is 0 Å². The van der Waals surface area contributed by atoms with Crippen molar-refractivity contribution >= 4 is 28.2 Å². The van der Waals surface area contributed by atoms with Gasteiger partial charge in [-0.2, -0.15) is 0 Å². The number of unbranched alkanes of at least 4 members (excludes halogenated alkanes) is 1. The van der Waals surface area contributed by atoms with Crippen LogP contribution in [0, 0.1) is 5.82 Å². The highest BCUT2D eigenvalue weighted by Crippen LogP contribution is 2.39. The molecule has 1 unspecified atom stereocenters. The van der Waals surface area contributed by atoms with Crippen LogP contribution in [0.25, 0.3) is 16.5 Å². The van der Waals surface area contributed by atoms with Crippen LogP contribution in [0.5, 0.6) is 0 Å². The van der Waals surface area contributed by atoms with Gasteiger partial charge in [0.15, 0.2) is 0 Å². The second-order valence-corrected chi connectivity index (χ2v) is 7.46. The number of carbonyl (C=O) groups is 2. The van der Waals surface area contributed by atoms with Crippen molar-refractivity contribution in [3.63, 3.8) is 0 Å². The van der Waals surface area contributed by atoms with E-state index in [-0.39, 0.29) is 11.3 Å². The Labute approximate surface area is 174 Å². The lowest BCUT2D eigenvalue weighted by Gasteiger charge is -2.25. The molecule has 0 spiro atoms. The first-order valence-corrected chi connectivity index (χ1v) is 10.0. The molecule has 0 aromatic heterocycles. The molecule has 1 amide bonds. The first kappa shape index (κ1) is 19.8. The predicted octanol–water partition coefficient (Wildman–Crippen LogP) is 5.20. The monoisotopic (exact) mass is 403 g/mol. The second kappa shape index (κ2) is 8.11. The number of hydrogen-bond donors (Lipinski definition) is 1. The number of amides is 1. The Kier molecular flexibility index (Phi) is 5.36. The summed E-state index contributed by atoms with van der Waals surface area (Å²) in [4.78, 5) is 27.2. The third-order valence-electron chi connectivity index (χ3n) is 5.50. The number of aliphatic hydroxyl groups excluding tert-OH is 1. The molecule has 1 saturated heterocycles. The predicted molar refractivity (Wildman–Crippen MR) is 114 cm³/mol. The number of fused-ring (bicyclic) bond motifs is 1. The summed E-state index contributed by atoms with van der Waals surface area (Å²) < 4.78 is 13.5. The van der Waals surface area contributed by atoms with E-state index in [4.69, 9.17) is 0 Å². The molecule has 1 fully saturated rings. The topological polar surface area (TPSA) is 57.6 Å². The normalized spacial score (nSPS) is 18.3. The molecule has 152 valence electrons. The van der Waals surface area contributed by atoms with E-state index >= 15 is 0 Å². The molecule has 0 saturated carbocycles. The van der Waals surface area contributed by atoms with E-state index in [2.05, 4.69) is 0 Å². The molecule has 4 nitrogen and oxygen atoms in total. The SMILES string of the molecule is CCCCN1C(=O)C(=O)/C(=C(\O)c2ccc3ccccc3c2)C1c1ccc(F)cc1. The molecule has 4 rings (SSSR count). The van der Waals surface area contributed by atoms with Crippen LogP contribution in [-0.2, 0) is 9.59 Å². The quantitative estimate of drug-likeness (QED) is 0.362. The number of rotatable bonds is 5. The lowest BCUT2D eigenvalue weighted by atomic mass is 9.94. The Bertz CT molecular complexity index is 1150. The molecular formula is C25H22FNO3. The number of halogens is 1. The summed E-state index contributed by atoms with van der Waals surface area (Å²) in [7, 11) is 0. The standard InChI is InChI=1S/C25H22FNO3/c1-2-3-14-27-22(17-10-12-20(26)13-11-17)21(24(29)25(27)30)23(28)19-9-8-16-6-4-5-7-18(16)15-19/h4-13,15,22,28H,2-3,14H2,1H3/b23-21-. The lowest BCUT2D eigenvalue weighted by molar-refractivity contribution is -0.139. The minimum atomic E-state index is -0.747. The van der Waals surface area contributed by atoms with Gasteiger partial charge in [0, 0.05) is 12.1 Å². The van der Waals surface area contributed by atoms with Gasteiger partial charge in [-0.3, -0.25) is 9.59 Å². The summed E-state index contributed by atoms with van der Waals surface area (Å²) in [6.07, 6.45) is 1.57. The summed E-state index contributed by atoms with van der Waals surface area (Å²) in [6.45, 7) is 2.39. The molecule has 0 bridgehead atoms. The number of nitrogens with zero attached hydrogens (tertiary/aromatic N) is 1. The Morgan fingerprint density at radius 1 is 1.00 bits per heavy atom. The van der Waals surface area contributed by atoms with Gasteiger partial charge in [0.05, 0.1) is 11.6 Å². The number of aliphatic hydroxyl groups is 1. The average molecular weight is 403 g/mol. The molecule has 1 aliphatic rings. The molecule has 3 aromatic carbocycles. The maximum atomic E-state index is 13.5. The lowest BCUT2D eigenvalue weighted by Crippen LogP contribution is -2.30. The minimum absolute atomic E-state index is 0.0398.